The van der Waals surface area contributed by atoms with Crippen molar-refractivity contribution in [1.82, 2.24) is 0 Å². The molecule has 1 heterocycles. The molecule has 0 aliphatic carbocycles. The van der Waals surface area contributed by atoms with Gasteiger partial charge in [0.05, 0.1) is 23.3 Å². The van der Waals surface area contributed by atoms with Crippen LogP contribution in [0.1, 0.15) is 17.4 Å². The number of non-ortho nitro benzene ring substituents is 1. The largest absolute Gasteiger partial charge is 0.497 e. The number of fused-ring (bicyclic) bond motifs is 1. The molecule has 7 nitrogen and oxygen atoms in total. The van der Waals surface area contributed by atoms with Crippen LogP contribution in [-0.4, -0.2) is 17.9 Å². The summed E-state index contributed by atoms with van der Waals surface area (Å²) in [6.07, 6.45) is -0.545. The van der Waals surface area contributed by atoms with Crippen molar-refractivity contribution >= 4 is 17.3 Å². The van der Waals surface area contributed by atoms with Crippen LogP contribution in [-0.2, 0) is 4.74 Å². The lowest BCUT2D eigenvalue weighted by Gasteiger charge is -2.28. The van der Waals surface area contributed by atoms with Gasteiger partial charge in [0.25, 0.3) is 5.69 Å². The first-order valence-corrected chi connectivity index (χ1v) is 6.53. The minimum Gasteiger partial charge on any atom is -0.497 e. The van der Waals surface area contributed by atoms with E-state index in [-0.39, 0.29) is 11.6 Å². The minimum atomic E-state index is -0.545. The Bertz CT molecular complexity index is 760. The number of nitro groups is 1. The van der Waals surface area contributed by atoms with Gasteiger partial charge in [-0.3, -0.25) is 15.5 Å². The Labute approximate surface area is 126 Å². The SMILES string of the molecule is COc1cccc(C2Nc3ccc([N+](=O)[O-])cc3C(=N)O2)c1. The lowest BCUT2D eigenvalue weighted by Crippen LogP contribution is -2.25. The summed E-state index contributed by atoms with van der Waals surface area (Å²) < 4.78 is 10.7. The van der Waals surface area contributed by atoms with Crippen LogP contribution in [0.2, 0.25) is 0 Å². The number of methoxy groups -OCH3 is 1. The molecule has 7 heteroatoms. The van der Waals surface area contributed by atoms with Crippen molar-refractivity contribution in [3.63, 3.8) is 0 Å². The lowest BCUT2D eigenvalue weighted by atomic mass is 10.1. The fourth-order valence-corrected chi connectivity index (χ4v) is 2.27. The van der Waals surface area contributed by atoms with E-state index in [4.69, 9.17) is 14.9 Å². The Balaban J connectivity index is 1.94. The molecule has 1 aliphatic heterocycles. The molecule has 3 rings (SSSR count). The predicted molar refractivity (Wildman–Crippen MR) is 80.4 cm³/mol. The minimum absolute atomic E-state index is 0.0752. The van der Waals surface area contributed by atoms with Crippen LogP contribution in [0.4, 0.5) is 11.4 Å². The van der Waals surface area contributed by atoms with Crippen LogP contribution < -0.4 is 10.1 Å². The molecule has 0 aromatic heterocycles. The fourth-order valence-electron chi connectivity index (χ4n) is 2.27. The Kier molecular flexibility index (Phi) is 3.38. The van der Waals surface area contributed by atoms with Crippen molar-refractivity contribution in [2.45, 2.75) is 6.23 Å². The quantitative estimate of drug-likeness (QED) is 0.670. The van der Waals surface area contributed by atoms with E-state index in [1.807, 2.05) is 18.2 Å². The molecule has 1 aliphatic rings. The van der Waals surface area contributed by atoms with Crippen molar-refractivity contribution in [3.8, 4) is 5.75 Å². The second-order valence-electron chi connectivity index (χ2n) is 4.73. The molecule has 0 saturated heterocycles. The first kappa shape index (κ1) is 13.9. The summed E-state index contributed by atoms with van der Waals surface area (Å²) in [7, 11) is 1.57. The lowest BCUT2D eigenvalue weighted by molar-refractivity contribution is -0.384. The second-order valence-corrected chi connectivity index (χ2v) is 4.73. The maximum Gasteiger partial charge on any atom is 0.270 e. The van der Waals surface area contributed by atoms with Gasteiger partial charge >= 0.3 is 0 Å². The van der Waals surface area contributed by atoms with Crippen LogP contribution in [0.5, 0.6) is 5.75 Å². The predicted octanol–water partition coefficient (Wildman–Crippen LogP) is 3.07. The standard InChI is InChI=1S/C15H13N3O4/c1-21-11-4-2-3-9(7-11)15-17-13-6-5-10(18(19)20)8-12(13)14(16)22-15/h2-8,15-17H,1H3. The average Bonchev–Trinajstić information content (AvgIpc) is 2.54. The van der Waals surface area contributed by atoms with Crippen LogP contribution >= 0.6 is 0 Å². The summed E-state index contributed by atoms with van der Waals surface area (Å²) in [6.45, 7) is 0. The molecule has 0 amide bonds. The van der Waals surface area contributed by atoms with Crippen molar-refractivity contribution in [2.24, 2.45) is 0 Å². The van der Waals surface area contributed by atoms with E-state index in [1.54, 1.807) is 19.2 Å². The Morgan fingerprint density at radius 2 is 2.14 bits per heavy atom. The Hall–Kier alpha value is -3.09. The molecule has 1 atom stereocenters. The molecule has 22 heavy (non-hydrogen) atoms. The van der Waals surface area contributed by atoms with Gasteiger partial charge < -0.3 is 14.8 Å². The number of ether oxygens (including phenoxy) is 2. The van der Waals surface area contributed by atoms with Crippen LogP contribution in [0.3, 0.4) is 0 Å². The molecule has 1 unspecified atom stereocenters. The smallest absolute Gasteiger partial charge is 0.270 e. The molecular formula is C15H13N3O4. The van der Waals surface area contributed by atoms with Crippen LogP contribution in [0.15, 0.2) is 42.5 Å². The number of anilines is 1. The molecule has 0 spiro atoms. The van der Waals surface area contributed by atoms with E-state index in [0.29, 0.717) is 17.0 Å². The van der Waals surface area contributed by atoms with Gasteiger partial charge in [-0.1, -0.05) is 12.1 Å². The molecule has 2 aromatic carbocycles. The molecule has 2 aromatic rings. The zero-order chi connectivity index (χ0) is 15.7. The van der Waals surface area contributed by atoms with Crippen molar-refractivity contribution in [1.29, 1.82) is 5.41 Å². The van der Waals surface area contributed by atoms with E-state index in [1.165, 1.54) is 12.1 Å². The van der Waals surface area contributed by atoms with E-state index >= 15 is 0 Å². The molecule has 0 bridgehead atoms. The van der Waals surface area contributed by atoms with E-state index in [2.05, 4.69) is 5.32 Å². The number of rotatable bonds is 3. The first-order chi connectivity index (χ1) is 10.6. The average molecular weight is 299 g/mol. The van der Waals surface area contributed by atoms with Gasteiger partial charge in [0.1, 0.15) is 5.75 Å². The number of hydrogen-bond donors (Lipinski definition) is 2. The summed E-state index contributed by atoms with van der Waals surface area (Å²) in [5, 5.41) is 21.9. The number of nitro benzene ring substituents is 1. The van der Waals surface area contributed by atoms with Gasteiger partial charge in [-0.2, -0.15) is 0 Å². The third kappa shape index (κ3) is 2.44. The molecular weight excluding hydrogens is 286 g/mol. The summed E-state index contributed by atoms with van der Waals surface area (Å²) in [4.78, 5) is 10.3. The number of nitrogens with zero attached hydrogens (tertiary/aromatic N) is 1. The summed E-state index contributed by atoms with van der Waals surface area (Å²) in [5.41, 5.74) is 1.71. The zero-order valence-corrected chi connectivity index (χ0v) is 11.7. The maximum absolute atomic E-state index is 10.8. The third-order valence-electron chi connectivity index (χ3n) is 3.38. The fraction of sp³-hybridized carbons (Fsp3) is 0.133. The van der Waals surface area contributed by atoms with Gasteiger partial charge in [-0.25, -0.2) is 0 Å². The van der Waals surface area contributed by atoms with E-state index in [9.17, 15) is 10.1 Å². The number of hydrogen-bond acceptors (Lipinski definition) is 6. The van der Waals surface area contributed by atoms with Gasteiger partial charge in [0.15, 0.2) is 6.23 Å². The normalized spacial score (nSPS) is 16.2. The highest BCUT2D eigenvalue weighted by atomic mass is 16.6. The summed E-state index contributed by atoms with van der Waals surface area (Å²) in [6, 6.07) is 11.6. The summed E-state index contributed by atoms with van der Waals surface area (Å²) in [5.74, 6) is 0.578. The Morgan fingerprint density at radius 1 is 1.32 bits per heavy atom. The highest BCUT2D eigenvalue weighted by Crippen LogP contribution is 2.33. The van der Waals surface area contributed by atoms with Gasteiger partial charge in [-0.05, 0) is 18.2 Å². The Morgan fingerprint density at radius 3 is 2.86 bits per heavy atom. The first-order valence-electron chi connectivity index (χ1n) is 6.53. The summed E-state index contributed by atoms with van der Waals surface area (Å²) >= 11 is 0. The number of nitrogens with one attached hydrogen (secondary N) is 2. The third-order valence-corrected chi connectivity index (χ3v) is 3.38. The van der Waals surface area contributed by atoms with Gasteiger partial charge in [0, 0.05) is 17.7 Å². The maximum atomic E-state index is 10.8. The van der Waals surface area contributed by atoms with E-state index in [0.717, 1.165) is 5.56 Å². The second kappa shape index (κ2) is 5.36. The monoisotopic (exact) mass is 299 g/mol. The van der Waals surface area contributed by atoms with Crippen molar-refractivity contribution in [2.75, 3.05) is 12.4 Å². The highest BCUT2D eigenvalue weighted by Gasteiger charge is 2.26. The van der Waals surface area contributed by atoms with Crippen molar-refractivity contribution in [3.05, 3.63) is 63.7 Å². The van der Waals surface area contributed by atoms with Gasteiger partial charge in [-0.15, -0.1) is 0 Å². The van der Waals surface area contributed by atoms with Crippen LogP contribution in [0.25, 0.3) is 0 Å². The van der Waals surface area contributed by atoms with Crippen LogP contribution in [0, 0.1) is 15.5 Å². The van der Waals surface area contributed by atoms with E-state index < -0.39 is 11.2 Å². The molecule has 0 radical (unpaired) electrons. The molecule has 112 valence electrons. The molecule has 0 fully saturated rings. The zero-order valence-electron chi connectivity index (χ0n) is 11.7. The topological polar surface area (TPSA) is 97.5 Å². The highest BCUT2D eigenvalue weighted by molar-refractivity contribution is 5.99. The molecule has 2 N–H and O–H groups in total. The van der Waals surface area contributed by atoms with Gasteiger partial charge in [0.2, 0.25) is 5.90 Å². The number of benzene rings is 2. The van der Waals surface area contributed by atoms with Crippen molar-refractivity contribution < 1.29 is 14.4 Å². The molecule has 0 saturated carbocycles.